The number of anilines is 2. The van der Waals surface area contributed by atoms with Crippen LogP contribution in [0.5, 0.6) is 0 Å². The second-order valence-electron chi connectivity index (χ2n) is 9.82. The quantitative estimate of drug-likeness (QED) is 0.311. The van der Waals surface area contributed by atoms with Crippen molar-refractivity contribution < 1.29 is 33.4 Å². The highest BCUT2D eigenvalue weighted by atomic mass is 16.6. The Morgan fingerprint density at radius 3 is 1.97 bits per heavy atom. The van der Waals surface area contributed by atoms with Crippen molar-refractivity contribution >= 4 is 35.3 Å². The van der Waals surface area contributed by atoms with Crippen LogP contribution < -0.4 is 10.6 Å². The number of benzene rings is 2. The lowest BCUT2D eigenvalue weighted by atomic mass is 9.66. The highest BCUT2D eigenvalue weighted by molar-refractivity contribution is 6.05. The Labute approximate surface area is 216 Å². The Morgan fingerprint density at radius 1 is 0.865 bits per heavy atom. The first-order valence-corrected chi connectivity index (χ1v) is 12.3. The van der Waals surface area contributed by atoms with E-state index in [4.69, 9.17) is 14.2 Å². The fourth-order valence-corrected chi connectivity index (χ4v) is 4.39. The number of hydrogen-bond donors (Lipinski definition) is 2. The van der Waals surface area contributed by atoms with Crippen LogP contribution in [0.3, 0.4) is 0 Å². The molecule has 2 N–H and O–H groups in total. The zero-order valence-corrected chi connectivity index (χ0v) is 21.9. The molecule has 2 amide bonds. The molecule has 0 aliphatic heterocycles. The van der Waals surface area contributed by atoms with E-state index in [2.05, 4.69) is 10.6 Å². The van der Waals surface area contributed by atoms with Crippen molar-refractivity contribution in [1.29, 1.82) is 0 Å². The summed E-state index contributed by atoms with van der Waals surface area (Å²) in [6.45, 7) is 8.74. The molecule has 0 heterocycles. The van der Waals surface area contributed by atoms with Gasteiger partial charge in [0.2, 0.25) is 5.91 Å². The van der Waals surface area contributed by atoms with Crippen molar-refractivity contribution in [3.8, 4) is 0 Å². The van der Waals surface area contributed by atoms with Gasteiger partial charge in [-0.15, -0.1) is 0 Å². The number of nitrogens with one attached hydrogen (secondary N) is 2. The molecule has 2 aromatic carbocycles. The number of carbonyl (C=O) groups excluding carboxylic acids is 4. The number of fused-ring (bicyclic) bond motifs is 1. The molecule has 0 fully saturated rings. The van der Waals surface area contributed by atoms with Gasteiger partial charge < -0.3 is 19.5 Å². The second-order valence-corrected chi connectivity index (χ2v) is 9.82. The SMILES string of the molecule is CCOC(=O)C1(C(=O)OCC)Cc2ccccc2C(C(=O)Nc2ccccc2NC(=O)OC(C)(C)C)C1. The van der Waals surface area contributed by atoms with Crippen LogP contribution in [0.15, 0.2) is 48.5 Å². The molecule has 0 saturated heterocycles. The molecule has 3 rings (SSSR count). The zero-order valence-electron chi connectivity index (χ0n) is 21.9. The van der Waals surface area contributed by atoms with Crippen LogP contribution in [0.4, 0.5) is 16.2 Å². The first-order valence-electron chi connectivity index (χ1n) is 12.3. The lowest BCUT2D eigenvalue weighted by Gasteiger charge is -2.37. The molecule has 0 spiro atoms. The summed E-state index contributed by atoms with van der Waals surface area (Å²) in [6.07, 6.45) is -0.711. The van der Waals surface area contributed by atoms with E-state index in [1.54, 1.807) is 77.1 Å². The van der Waals surface area contributed by atoms with Gasteiger partial charge in [-0.1, -0.05) is 36.4 Å². The molecule has 2 aromatic rings. The molecule has 1 aliphatic rings. The smallest absolute Gasteiger partial charge is 0.412 e. The maximum absolute atomic E-state index is 13.7. The summed E-state index contributed by atoms with van der Waals surface area (Å²) >= 11 is 0. The minimum absolute atomic E-state index is 0.0708. The van der Waals surface area contributed by atoms with Gasteiger partial charge in [-0.25, -0.2) is 4.79 Å². The Morgan fingerprint density at radius 2 is 1.41 bits per heavy atom. The number of rotatable bonds is 7. The van der Waals surface area contributed by atoms with Gasteiger partial charge in [0.1, 0.15) is 5.60 Å². The standard InChI is InChI=1S/C28H34N2O7/c1-6-35-24(32)28(25(33)36-7-2)16-18-12-8-9-13-19(18)20(17-28)23(31)29-21-14-10-11-15-22(21)30-26(34)37-27(3,4)5/h8-15,20H,6-7,16-17H2,1-5H3,(H,29,31)(H,30,34). The summed E-state index contributed by atoms with van der Waals surface area (Å²) in [4.78, 5) is 52.3. The molecule has 0 saturated carbocycles. The number of para-hydroxylation sites is 2. The first kappa shape index (κ1) is 27.7. The molecule has 9 nitrogen and oxygen atoms in total. The molecule has 1 unspecified atom stereocenters. The summed E-state index contributed by atoms with van der Waals surface area (Å²) in [5.41, 5.74) is -0.263. The molecule has 9 heteroatoms. The summed E-state index contributed by atoms with van der Waals surface area (Å²) in [6, 6.07) is 13.9. The molecular formula is C28H34N2O7. The normalized spacial score (nSPS) is 16.1. The summed E-state index contributed by atoms with van der Waals surface area (Å²) < 4.78 is 15.9. The predicted octanol–water partition coefficient (Wildman–Crippen LogP) is 4.81. The molecule has 37 heavy (non-hydrogen) atoms. The predicted molar refractivity (Wildman–Crippen MR) is 138 cm³/mol. The lowest BCUT2D eigenvalue weighted by molar-refractivity contribution is -0.173. The summed E-state index contributed by atoms with van der Waals surface area (Å²) in [5.74, 6) is -2.72. The Balaban J connectivity index is 1.95. The van der Waals surface area contributed by atoms with Crippen molar-refractivity contribution in [3.05, 3.63) is 59.7 Å². The monoisotopic (exact) mass is 510 g/mol. The number of esters is 2. The van der Waals surface area contributed by atoms with Crippen molar-refractivity contribution in [1.82, 2.24) is 0 Å². The van der Waals surface area contributed by atoms with Crippen LogP contribution in [-0.2, 0) is 35.0 Å². The van der Waals surface area contributed by atoms with Gasteiger partial charge >= 0.3 is 18.0 Å². The molecule has 0 aromatic heterocycles. The number of carbonyl (C=O) groups is 4. The molecule has 1 atom stereocenters. The fraction of sp³-hybridized carbons (Fsp3) is 0.429. The van der Waals surface area contributed by atoms with Gasteiger partial charge in [0.05, 0.1) is 30.5 Å². The van der Waals surface area contributed by atoms with Crippen molar-refractivity contribution in [2.45, 2.75) is 59.0 Å². The third kappa shape index (κ3) is 6.47. The molecular weight excluding hydrogens is 476 g/mol. The number of ether oxygens (including phenoxy) is 3. The number of hydrogen-bond acceptors (Lipinski definition) is 7. The van der Waals surface area contributed by atoms with Crippen LogP contribution in [0, 0.1) is 5.41 Å². The van der Waals surface area contributed by atoms with Gasteiger partial charge in [-0.3, -0.25) is 19.7 Å². The molecule has 0 radical (unpaired) electrons. The lowest BCUT2D eigenvalue weighted by Crippen LogP contribution is -2.48. The maximum Gasteiger partial charge on any atom is 0.412 e. The van der Waals surface area contributed by atoms with E-state index in [1.165, 1.54) is 0 Å². The summed E-state index contributed by atoms with van der Waals surface area (Å²) in [7, 11) is 0. The minimum atomic E-state index is -1.66. The van der Waals surface area contributed by atoms with Crippen LogP contribution >= 0.6 is 0 Å². The maximum atomic E-state index is 13.7. The zero-order chi connectivity index (χ0) is 27.2. The van der Waals surface area contributed by atoms with E-state index in [1.807, 2.05) is 6.07 Å². The molecule has 1 aliphatic carbocycles. The molecule has 0 bridgehead atoms. The van der Waals surface area contributed by atoms with Crippen LogP contribution in [0.2, 0.25) is 0 Å². The van der Waals surface area contributed by atoms with Crippen molar-refractivity contribution in [2.75, 3.05) is 23.8 Å². The van der Waals surface area contributed by atoms with E-state index in [-0.39, 0.29) is 26.1 Å². The van der Waals surface area contributed by atoms with Crippen LogP contribution in [0.1, 0.15) is 58.1 Å². The third-order valence-electron chi connectivity index (χ3n) is 5.94. The fourth-order valence-electron chi connectivity index (χ4n) is 4.39. The topological polar surface area (TPSA) is 120 Å². The minimum Gasteiger partial charge on any atom is -0.465 e. The van der Waals surface area contributed by atoms with Crippen LogP contribution in [0.25, 0.3) is 0 Å². The highest BCUT2D eigenvalue weighted by Crippen LogP contribution is 2.45. The van der Waals surface area contributed by atoms with Gasteiger partial charge in [0.15, 0.2) is 5.41 Å². The van der Waals surface area contributed by atoms with E-state index < -0.39 is 40.9 Å². The van der Waals surface area contributed by atoms with E-state index in [0.717, 1.165) is 0 Å². The summed E-state index contributed by atoms with van der Waals surface area (Å²) in [5, 5.41) is 5.51. The Bertz CT molecular complexity index is 1150. The largest absolute Gasteiger partial charge is 0.465 e. The first-order chi connectivity index (χ1) is 17.5. The van der Waals surface area contributed by atoms with Gasteiger partial charge in [0.25, 0.3) is 0 Å². The van der Waals surface area contributed by atoms with Gasteiger partial charge in [-0.05, 0) is 70.7 Å². The second kappa shape index (κ2) is 11.5. The number of amides is 2. The van der Waals surface area contributed by atoms with Crippen molar-refractivity contribution in [2.24, 2.45) is 5.41 Å². The highest BCUT2D eigenvalue weighted by Gasteiger charge is 2.54. The Hall–Kier alpha value is -3.88. The average molecular weight is 511 g/mol. The third-order valence-corrected chi connectivity index (χ3v) is 5.94. The van der Waals surface area contributed by atoms with E-state index in [0.29, 0.717) is 22.5 Å². The van der Waals surface area contributed by atoms with Gasteiger partial charge in [0, 0.05) is 0 Å². The van der Waals surface area contributed by atoms with E-state index >= 15 is 0 Å². The van der Waals surface area contributed by atoms with Crippen LogP contribution in [-0.4, -0.2) is 42.8 Å². The van der Waals surface area contributed by atoms with Gasteiger partial charge in [-0.2, -0.15) is 0 Å². The van der Waals surface area contributed by atoms with E-state index in [9.17, 15) is 19.2 Å². The van der Waals surface area contributed by atoms with Crippen molar-refractivity contribution in [3.63, 3.8) is 0 Å². The Kier molecular flexibility index (Phi) is 8.57. The molecule has 198 valence electrons. The average Bonchev–Trinajstić information content (AvgIpc) is 2.83.